The van der Waals surface area contributed by atoms with E-state index in [0.29, 0.717) is 0 Å². The third kappa shape index (κ3) is 6.16. The Morgan fingerprint density at radius 3 is 2.05 bits per heavy atom. The van der Waals surface area contributed by atoms with Crippen molar-refractivity contribution in [3.8, 4) is 0 Å². The molecule has 196 valence electrons. The normalized spacial score (nSPS) is 12.3. The molecule has 1 heterocycles. The van der Waals surface area contributed by atoms with Crippen LogP contribution < -0.4 is 0 Å². The standard InChI is InChI=1S/C28H28N4O4S2/c1-22-11-15-27(16-12-22)37(33,34)31(19-7-8-24(3)25-9-5-4-6-10-25)20-26-21-32(30-29-26)38(35,36)28-17-13-23(2)14-18-28/h4-18,21H,3,19-20H2,1-2H3/b8-7+. The van der Waals surface area contributed by atoms with Crippen LogP contribution >= 0.6 is 0 Å². The van der Waals surface area contributed by atoms with Crippen molar-refractivity contribution in [3.05, 3.63) is 126 Å². The van der Waals surface area contributed by atoms with Gasteiger partial charge in [0.25, 0.3) is 10.0 Å². The predicted molar refractivity (Wildman–Crippen MR) is 147 cm³/mol. The second kappa shape index (κ2) is 11.3. The van der Waals surface area contributed by atoms with Crippen LogP contribution in [0, 0.1) is 13.8 Å². The molecule has 4 rings (SSSR count). The second-order valence-corrected chi connectivity index (χ2v) is 12.5. The summed E-state index contributed by atoms with van der Waals surface area (Å²) in [4.78, 5) is 0.184. The molecule has 10 heteroatoms. The number of benzene rings is 3. The van der Waals surface area contributed by atoms with Crippen molar-refractivity contribution in [1.82, 2.24) is 18.7 Å². The Kier molecular flexibility index (Phi) is 8.05. The van der Waals surface area contributed by atoms with Crippen LogP contribution in [0.15, 0.2) is 114 Å². The zero-order valence-electron chi connectivity index (χ0n) is 21.1. The van der Waals surface area contributed by atoms with Crippen molar-refractivity contribution in [2.75, 3.05) is 6.54 Å². The minimum atomic E-state index is -3.97. The minimum Gasteiger partial charge on any atom is -0.207 e. The highest BCUT2D eigenvalue weighted by Crippen LogP contribution is 2.20. The number of aryl methyl sites for hydroxylation is 2. The van der Waals surface area contributed by atoms with Crippen molar-refractivity contribution in [3.63, 3.8) is 0 Å². The van der Waals surface area contributed by atoms with Gasteiger partial charge >= 0.3 is 0 Å². The molecule has 4 aromatic rings. The van der Waals surface area contributed by atoms with E-state index in [1.165, 1.54) is 22.6 Å². The summed E-state index contributed by atoms with van der Waals surface area (Å²) >= 11 is 0. The second-order valence-electron chi connectivity index (χ2n) is 8.80. The molecule has 0 aliphatic heterocycles. The highest BCUT2D eigenvalue weighted by Gasteiger charge is 2.26. The maximum Gasteiger partial charge on any atom is 0.284 e. The van der Waals surface area contributed by atoms with Crippen LogP contribution in [0.3, 0.4) is 0 Å². The molecule has 0 unspecified atom stereocenters. The zero-order chi connectivity index (χ0) is 27.3. The first-order valence-electron chi connectivity index (χ1n) is 11.8. The Balaban J connectivity index is 1.61. The fourth-order valence-electron chi connectivity index (χ4n) is 3.64. The fraction of sp³-hybridized carbons (Fsp3) is 0.143. The van der Waals surface area contributed by atoms with Gasteiger partial charge in [0.1, 0.15) is 0 Å². The van der Waals surface area contributed by atoms with Crippen LogP contribution in [0.2, 0.25) is 0 Å². The lowest BCUT2D eigenvalue weighted by Gasteiger charge is -2.20. The van der Waals surface area contributed by atoms with Crippen molar-refractivity contribution in [1.29, 1.82) is 0 Å². The van der Waals surface area contributed by atoms with E-state index in [-0.39, 0.29) is 28.6 Å². The molecule has 8 nitrogen and oxygen atoms in total. The minimum absolute atomic E-state index is 0.0135. The number of aromatic nitrogens is 3. The molecule has 0 amide bonds. The molecule has 0 saturated carbocycles. The molecule has 0 N–H and O–H groups in total. The fourth-order valence-corrected chi connectivity index (χ4v) is 6.09. The Bertz CT molecular complexity index is 1660. The zero-order valence-corrected chi connectivity index (χ0v) is 22.7. The van der Waals surface area contributed by atoms with E-state index in [1.807, 2.05) is 44.2 Å². The molecular weight excluding hydrogens is 520 g/mol. The maximum absolute atomic E-state index is 13.5. The van der Waals surface area contributed by atoms with E-state index >= 15 is 0 Å². The summed E-state index contributed by atoms with van der Waals surface area (Å²) in [5.74, 6) is 0. The van der Waals surface area contributed by atoms with E-state index in [9.17, 15) is 16.8 Å². The van der Waals surface area contributed by atoms with Crippen molar-refractivity contribution in [2.45, 2.75) is 30.2 Å². The topological polar surface area (TPSA) is 102 Å². The van der Waals surface area contributed by atoms with Crippen LogP contribution in [-0.4, -0.2) is 42.1 Å². The molecule has 38 heavy (non-hydrogen) atoms. The third-order valence-corrected chi connectivity index (χ3v) is 9.22. The van der Waals surface area contributed by atoms with Crippen molar-refractivity contribution < 1.29 is 16.8 Å². The van der Waals surface area contributed by atoms with Crippen LogP contribution in [0.5, 0.6) is 0 Å². The lowest BCUT2D eigenvalue weighted by atomic mass is 10.1. The lowest BCUT2D eigenvalue weighted by molar-refractivity contribution is 0.433. The molecule has 0 spiro atoms. The average molecular weight is 549 g/mol. The SMILES string of the molecule is C=C(/C=C/CN(Cc1cn(S(=O)(=O)c2ccc(C)cc2)nn1)S(=O)(=O)c1ccc(C)cc1)c1ccccc1. The van der Waals surface area contributed by atoms with Crippen molar-refractivity contribution >= 4 is 25.6 Å². The van der Waals surface area contributed by atoms with E-state index in [2.05, 4.69) is 16.9 Å². The molecule has 3 aromatic carbocycles. The number of allylic oxidation sites excluding steroid dienone is 2. The predicted octanol–water partition coefficient (Wildman–Crippen LogP) is 4.59. The number of hydrogen-bond acceptors (Lipinski definition) is 6. The van der Waals surface area contributed by atoms with Crippen LogP contribution in [-0.2, 0) is 26.6 Å². The van der Waals surface area contributed by atoms with Gasteiger partial charge in [0, 0.05) is 6.54 Å². The lowest BCUT2D eigenvalue weighted by Crippen LogP contribution is -2.31. The summed E-state index contributed by atoms with van der Waals surface area (Å²) in [6, 6.07) is 22.4. The van der Waals surface area contributed by atoms with Gasteiger partial charge in [-0.25, -0.2) is 8.42 Å². The highest BCUT2D eigenvalue weighted by molar-refractivity contribution is 7.90. The number of nitrogens with zero attached hydrogens (tertiary/aromatic N) is 4. The Hall–Kier alpha value is -3.86. The van der Waals surface area contributed by atoms with Crippen LogP contribution in [0.25, 0.3) is 5.57 Å². The van der Waals surface area contributed by atoms with Gasteiger partial charge in [-0.2, -0.15) is 12.7 Å². The average Bonchev–Trinajstić information content (AvgIpc) is 3.39. The molecule has 0 fully saturated rings. The number of sulfonamides is 1. The summed E-state index contributed by atoms with van der Waals surface area (Å²) in [7, 11) is -7.91. The molecule has 0 radical (unpaired) electrons. The van der Waals surface area contributed by atoms with Gasteiger partial charge in [0.2, 0.25) is 10.0 Å². The summed E-state index contributed by atoms with van der Waals surface area (Å²) in [5, 5.41) is 7.74. The molecule has 1 aromatic heterocycles. The summed E-state index contributed by atoms with van der Waals surface area (Å²) < 4.78 is 55.0. The van der Waals surface area contributed by atoms with Gasteiger partial charge < -0.3 is 0 Å². The summed E-state index contributed by atoms with van der Waals surface area (Å²) in [6.45, 7) is 7.62. The Morgan fingerprint density at radius 1 is 0.868 bits per heavy atom. The van der Waals surface area contributed by atoms with E-state index in [4.69, 9.17) is 0 Å². The van der Waals surface area contributed by atoms with Crippen molar-refractivity contribution in [2.24, 2.45) is 0 Å². The maximum atomic E-state index is 13.5. The first kappa shape index (κ1) is 27.2. The first-order valence-corrected chi connectivity index (χ1v) is 14.7. The van der Waals surface area contributed by atoms with Gasteiger partial charge in [-0.15, -0.1) is 9.19 Å². The highest BCUT2D eigenvalue weighted by atomic mass is 32.2. The molecule has 0 saturated heterocycles. The molecule has 0 atom stereocenters. The molecule has 0 aliphatic carbocycles. The summed E-state index contributed by atoms with van der Waals surface area (Å²) in [6.07, 6.45) is 4.69. The first-order chi connectivity index (χ1) is 18.1. The van der Waals surface area contributed by atoms with E-state index < -0.39 is 20.0 Å². The number of hydrogen-bond donors (Lipinski definition) is 0. The van der Waals surface area contributed by atoms with Gasteiger partial charge in [0.15, 0.2) is 0 Å². The van der Waals surface area contributed by atoms with Crippen LogP contribution in [0.1, 0.15) is 22.4 Å². The van der Waals surface area contributed by atoms with Gasteiger partial charge in [-0.3, -0.25) is 0 Å². The monoisotopic (exact) mass is 548 g/mol. The third-order valence-electron chi connectivity index (χ3n) is 5.86. The smallest absolute Gasteiger partial charge is 0.207 e. The van der Waals surface area contributed by atoms with E-state index in [0.717, 1.165) is 26.4 Å². The van der Waals surface area contributed by atoms with Gasteiger partial charge in [-0.1, -0.05) is 89.7 Å². The molecule has 0 aliphatic rings. The quantitative estimate of drug-likeness (QED) is 0.269. The van der Waals surface area contributed by atoms with Gasteiger partial charge in [-0.05, 0) is 49.2 Å². The molecule has 0 bridgehead atoms. The Labute approximate surface area is 223 Å². The molecular formula is C28H28N4O4S2. The Morgan fingerprint density at radius 2 is 1.45 bits per heavy atom. The van der Waals surface area contributed by atoms with E-state index in [1.54, 1.807) is 48.6 Å². The number of rotatable bonds is 10. The van der Waals surface area contributed by atoms with Gasteiger partial charge in [0.05, 0.1) is 28.2 Å². The summed E-state index contributed by atoms with van der Waals surface area (Å²) in [5.41, 5.74) is 3.68. The largest absolute Gasteiger partial charge is 0.284 e. The van der Waals surface area contributed by atoms with Crippen LogP contribution in [0.4, 0.5) is 0 Å².